The minimum absolute atomic E-state index is 0.0266. The van der Waals surface area contributed by atoms with Gasteiger partial charge in [0, 0.05) is 38.4 Å². The Bertz CT molecular complexity index is 950. The molecular weight excluding hydrogens is 346 g/mol. The molecule has 1 fully saturated rings. The van der Waals surface area contributed by atoms with Gasteiger partial charge in [-0.25, -0.2) is 14.6 Å². The van der Waals surface area contributed by atoms with Crippen molar-refractivity contribution in [1.29, 1.82) is 0 Å². The van der Waals surface area contributed by atoms with Crippen molar-refractivity contribution in [3.05, 3.63) is 47.4 Å². The number of nitrogens with zero attached hydrogens (tertiary/aromatic N) is 7. The van der Waals surface area contributed by atoms with Crippen LogP contribution in [0.3, 0.4) is 0 Å². The van der Waals surface area contributed by atoms with Crippen molar-refractivity contribution in [3.63, 3.8) is 0 Å². The van der Waals surface area contributed by atoms with E-state index in [9.17, 15) is 4.79 Å². The number of aromatic nitrogens is 5. The number of anilines is 1. The van der Waals surface area contributed by atoms with Gasteiger partial charge >= 0.3 is 0 Å². The third-order valence-corrected chi connectivity index (χ3v) is 4.73. The molecule has 1 saturated heterocycles. The summed E-state index contributed by atoms with van der Waals surface area (Å²) in [5, 5.41) is 8.26. The molecule has 0 bridgehead atoms. The van der Waals surface area contributed by atoms with Gasteiger partial charge in [-0.1, -0.05) is 5.16 Å². The van der Waals surface area contributed by atoms with E-state index in [-0.39, 0.29) is 5.91 Å². The van der Waals surface area contributed by atoms with Crippen LogP contribution >= 0.6 is 0 Å². The van der Waals surface area contributed by atoms with Gasteiger partial charge in [0.2, 0.25) is 0 Å². The molecule has 0 radical (unpaired) electrons. The summed E-state index contributed by atoms with van der Waals surface area (Å²) in [4.78, 5) is 25.4. The van der Waals surface area contributed by atoms with Crippen LogP contribution < -0.4 is 4.90 Å². The van der Waals surface area contributed by atoms with Crippen molar-refractivity contribution in [2.24, 2.45) is 0 Å². The van der Waals surface area contributed by atoms with E-state index in [0.29, 0.717) is 43.2 Å². The van der Waals surface area contributed by atoms with Crippen molar-refractivity contribution >= 4 is 11.7 Å². The Hall–Kier alpha value is -3.23. The maximum atomic E-state index is 12.8. The van der Waals surface area contributed by atoms with E-state index in [1.165, 1.54) is 0 Å². The molecule has 1 aliphatic heterocycles. The quantitative estimate of drug-likeness (QED) is 0.693. The van der Waals surface area contributed by atoms with Gasteiger partial charge in [-0.15, -0.1) is 0 Å². The maximum Gasteiger partial charge on any atom is 0.259 e. The van der Waals surface area contributed by atoms with Gasteiger partial charge in [-0.3, -0.25) is 4.79 Å². The molecule has 3 aromatic heterocycles. The molecular formula is C18H21N7O2. The Morgan fingerprint density at radius 1 is 1.07 bits per heavy atom. The highest BCUT2D eigenvalue weighted by molar-refractivity contribution is 5.96. The van der Waals surface area contributed by atoms with Crippen LogP contribution in [0.1, 0.15) is 27.5 Å². The lowest BCUT2D eigenvalue weighted by Gasteiger charge is -2.35. The monoisotopic (exact) mass is 367 g/mol. The molecule has 1 amide bonds. The fourth-order valence-electron chi connectivity index (χ4n) is 3.26. The molecule has 0 unspecified atom stereocenters. The molecule has 140 valence electrons. The van der Waals surface area contributed by atoms with Gasteiger partial charge in [0.15, 0.2) is 5.82 Å². The largest absolute Gasteiger partial charge is 0.361 e. The zero-order valence-electron chi connectivity index (χ0n) is 15.6. The average Bonchev–Trinajstić information content (AvgIpc) is 3.27. The number of carbonyl (C=O) groups excluding carboxylic acids is 1. The highest BCUT2D eigenvalue weighted by Crippen LogP contribution is 2.19. The van der Waals surface area contributed by atoms with Crippen molar-refractivity contribution in [2.45, 2.75) is 20.8 Å². The predicted molar refractivity (Wildman–Crippen MR) is 98.0 cm³/mol. The molecule has 27 heavy (non-hydrogen) atoms. The van der Waals surface area contributed by atoms with Gasteiger partial charge in [-0.05, 0) is 26.8 Å². The predicted octanol–water partition coefficient (Wildman–Crippen LogP) is 1.54. The number of rotatable bonds is 3. The molecule has 9 nitrogen and oxygen atoms in total. The first kappa shape index (κ1) is 17.2. The van der Waals surface area contributed by atoms with E-state index in [4.69, 9.17) is 4.52 Å². The highest BCUT2D eigenvalue weighted by Gasteiger charge is 2.27. The van der Waals surface area contributed by atoms with Crippen LogP contribution in [0.4, 0.5) is 5.82 Å². The molecule has 4 rings (SSSR count). The molecule has 4 heterocycles. The van der Waals surface area contributed by atoms with Crippen LogP contribution in [0, 0.1) is 20.8 Å². The third-order valence-electron chi connectivity index (χ3n) is 4.73. The second-order valence-electron chi connectivity index (χ2n) is 6.61. The Labute approximate surface area is 156 Å². The minimum Gasteiger partial charge on any atom is -0.361 e. The van der Waals surface area contributed by atoms with Gasteiger partial charge in [0.1, 0.15) is 23.5 Å². The maximum absolute atomic E-state index is 12.8. The van der Waals surface area contributed by atoms with Crippen LogP contribution in [-0.4, -0.2) is 61.9 Å². The zero-order valence-corrected chi connectivity index (χ0v) is 15.6. The average molecular weight is 367 g/mol. The SMILES string of the molecule is Cc1ccn(-c2cc(N3CCN(C(=O)c4c(C)noc4C)CC3)ncn2)n1. The third kappa shape index (κ3) is 3.27. The van der Waals surface area contributed by atoms with Crippen molar-refractivity contribution in [1.82, 2.24) is 29.8 Å². The van der Waals surface area contributed by atoms with Gasteiger partial charge in [0.05, 0.1) is 11.4 Å². The highest BCUT2D eigenvalue weighted by atomic mass is 16.5. The Kier molecular flexibility index (Phi) is 4.35. The summed E-state index contributed by atoms with van der Waals surface area (Å²) in [6, 6.07) is 3.85. The molecule has 0 aliphatic carbocycles. The first-order valence-electron chi connectivity index (χ1n) is 8.84. The number of aryl methyl sites for hydroxylation is 3. The van der Waals surface area contributed by atoms with E-state index in [2.05, 4.69) is 25.1 Å². The Balaban J connectivity index is 1.46. The van der Waals surface area contributed by atoms with Crippen LogP contribution in [-0.2, 0) is 0 Å². The summed E-state index contributed by atoms with van der Waals surface area (Å²) in [6.45, 7) is 8.12. The summed E-state index contributed by atoms with van der Waals surface area (Å²) in [6.07, 6.45) is 3.42. The summed E-state index contributed by atoms with van der Waals surface area (Å²) >= 11 is 0. The molecule has 0 atom stereocenters. The zero-order chi connectivity index (χ0) is 19.0. The summed E-state index contributed by atoms with van der Waals surface area (Å²) in [5.74, 6) is 2.09. The Morgan fingerprint density at radius 3 is 2.44 bits per heavy atom. The standard InChI is InChI=1S/C18H21N7O2/c1-12-4-5-25(21-12)16-10-15(19-11-20-16)23-6-8-24(9-7-23)18(26)17-13(2)22-27-14(17)3/h4-5,10-11H,6-9H2,1-3H3. The van der Waals surface area contributed by atoms with Crippen LogP contribution in [0.25, 0.3) is 5.82 Å². The lowest BCUT2D eigenvalue weighted by atomic mass is 10.1. The second kappa shape index (κ2) is 6.82. The van der Waals surface area contributed by atoms with Gasteiger partial charge in [-0.2, -0.15) is 5.10 Å². The van der Waals surface area contributed by atoms with Crippen molar-refractivity contribution < 1.29 is 9.32 Å². The van der Waals surface area contributed by atoms with Crippen molar-refractivity contribution in [3.8, 4) is 5.82 Å². The fourth-order valence-corrected chi connectivity index (χ4v) is 3.26. The smallest absolute Gasteiger partial charge is 0.259 e. The molecule has 1 aliphatic rings. The van der Waals surface area contributed by atoms with Crippen LogP contribution in [0.5, 0.6) is 0 Å². The number of amides is 1. The number of piperazine rings is 1. The molecule has 0 spiro atoms. The summed E-state index contributed by atoms with van der Waals surface area (Å²) in [5.41, 5.74) is 2.14. The van der Waals surface area contributed by atoms with E-state index in [1.54, 1.807) is 24.9 Å². The van der Waals surface area contributed by atoms with E-state index < -0.39 is 0 Å². The normalized spacial score (nSPS) is 14.6. The van der Waals surface area contributed by atoms with Crippen LogP contribution in [0.15, 0.2) is 29.2 Å². The van der Waals surface area contributed by atoms with E-state index in [0.717, 1.165) is 17.3 Å². The van der Waals surface area contributed by atoms with Gasteiger partial charge in [0.25, 0.3) is 5.91 Å². The lowest BCUT2D eigenvalue weighted by Crippen LogP contribution is -2.49. The minimum atomic E-state index is -0.0266. The van der Waals surface area contributed by atoms with Gasteiger partial charge < -0.3 is 14.3 Å². The summed E-state index contributed by atoms with van der Waals surface area (Å²) < 4.78 is 6.86. The van der Waals surface area contributed by atoms with Crippen molar-refractivity contribution in [2.75, 3.05) is 31.1 Å². The second-order valence-corrected chi connectivity index (χ2v) is 6.61. The first-order chi connectivity index (χ1) is 13.0. The molecule has 9 heteroatoms. The fraction of sp³-hybridized carbons (Fsp3) is 0.389. The number of carbonyl (C=O) groups is 1. The first-order valence-corrected chi connectivity index (χ1v) is 8.84. The molecule has 0 N–H and O–H groups in total. The molecule has 0 aromatic carbocycles. The molecule has 0 saturated carbocycles. The van der Waals surface area contributed by atoms with Crippen LogP contribution in [0.2, 0.25) is 0 Å². The number of hydrogen-bond donors (Lipinski definition) is 0. The Morgan fingerprint density at radius 2 is 1.81 bits per heavy atom. The number of hydrogen-bond acceptors (Lipinski definition) is 7. The summed E-state index contributed by atoms with van der Waals surface area (Å²) in [7, 11) is 0. The molecule has 3 aromatic rings. The van der Waals surface area contributed by atoms with E-state index >= 15 is 0 Å². The van der Waals surface area contributed by atoms with E-state index in [1.807, 2.05) is 30.2 Å². The topological polar surface area (TPSA) is 93.2 Å². The lowest BCUT2D eigenvalue weighted by molar-refractivity contribution is 0.0744.